The summed E-state index contributed by atoms with van der Waals surface area (Å²) in [5, 5.41) is 9.67. The molecule has 0 radical (unpaired) electrons. The van der Waals surface area contributed by atoms with E-state index in [0.717, 1.165) is 30.6 Å². The third-order valence-corrected chi connectivity index (χ3v) is 2.02. The fourth-order valence-corrected chi connectivity index (χ4v) is 1.26. The summed E-state index contributed by atoms with van der Waals surface area (Å²) in [6, 6.07) is 1.87. The Labute approximate surface area is 78.9 Å². The molecule has 0 spiro atoms. The molecule has 0 saturated carbocycles. The van der Waals surface area contributed by atoms with Crippen molar-refractivity contribution in [3.63, 3.8) is 0 Å². The third-order valence-electron chi connectivity index (χ3n) is 2.02. The Balaban J connectivity index is 2.39. The summed E-state index contributed by atoms with van der Waals surface area (Å²) in [4.78, 5) is 0. The second-order valence-electron chi connectivity index (χ2n) is 3.23. The Bertz CT molecular complexity index is 263. The normalized spacial score (nSPS) is 12.8. The fourth-order valence-electron chi connectivity index (χ4n) is 1.26. The van der Waals surface area contributed by atoms with Crippen LogP contribution in [0.4, 0.5) is 0 Å². The molecule has 1 aromatic heterocycles. The van der Waals surface area contributed by atoms with Gasteiger partial charge < -0.3 is 9.52 Å². The molecule has 0 fully saturated rings. The van der Waals surface area contributed by atoms with Crippen molar-refractivity contribution in [2.24, 2.45) is 0 Å². The van der Waals surface area contributed by atoms with Crippen LogP contribution in [0.5, 0.6) is 0 Å². The molecule has 2 heteroatoms. The largest absolute Gasteiger partial charge is 0.469 e. The summed E-state index contributed by atoms with van der Waals surface area (Å²) in [6.07, 6.45) is 5.78. The van der Waals surface area contributed by atoms with Crippen LogP contribution in [0.1, 0.15) is 36.7 Å². The van der Waals surface area contributed by atoms with Crippen LogP contribution in [0, 0.1) is 6.92 Å². The molecule has 0 aliphatic carbocycles. The van der Waals surface area contributed by atoms with Crippen LogP contribution in [-0.4, -0.2) is 5.11 Å². The molecule has 1 atom stereocenters. The number of hydrogen-bond acceptors (Lipinski definition) is 2. The minimum Gasteiger partial charge on any atom is -0.469 e. The lowest BCUT2D eigenvalue weighted by Gasteiger charge is -2.05. The Morgan fingerprint density at radius 2 is 2.46 bits per heavy atom. The molecule has 1 N–H and O–H groups in total. The molecule has 1 rings (SSSR count). The highest BCUT2D eigenvalue weighted by Gasteiger charge is 2.08. The second-order valence-corrected chi connectivity index (χ2v) is 3.23. The Morgan fingerprint density at radius 3 is 3.00 bits per heavy atom. The summed E-state index contributed by atoms with van der Waals surface area (Å²) >= 11 is 0. The predicted octanol–water partition coefficient (Wildman–Crippen LogP) is 2.98. The van der Waals surface area contributed by atoms with E-state index in [2.05, 4.69) is 6.58 Å². The molecule has 1 aromatic rings. The van der Waals surface area contributed by atoms with E-state index >= 15 is 0 Å². The van der Waals surface area contributed by atoms with E-state index in [-0.39, 0.29) is 0 Å². The minimum absolute atomic E-state index is 0.391. The van der Waals surface area contributed by atoms with E-state index in [1.54, 1.807) is 6.26 Å². The summed E-state index contributed by atoms with van der Waals surface area (Å²) in [5.41, 5.74) is 0.876. The van der Waals surface area contributed by atoms with Gasteiger partial charge in [0.15, 0.2) is 0 Å². The van der Waals surface area contributed by atoms with Crippen LogP contribution in [0.15, 0.2) is 29.4 Å². The van der Waals surface area contributed by atoms with Crippen molar-refractivity contribution in [1.29, 1.82) is 0 Å². The van der Waals surface area contributed by atoms with Gasteiger partial charge in [-0.1, -0.05) is 6.08 Å². The van der Waals surface area contributed by atoms with Crippen molar-refractivity contribution in [2.75, 3.05) is 0 Å². The standard InChI is InChI=1S/C11H16O2/c1-3-4-5-6-11(12)10-7-9(2)13-8-10/h3,7-8,11-12H,1,4-6H2,2H3. The van der Waals surface area contributed by atoms with Gasteiger partial charge in [-0.25, -0.2) is 0 Å². The van der Waals surface area contributed by atoms with Gasteiger partial charge in [0.1, 0.15) is 5.76 Å². The zero-order valence-corrected chi connectivity index (χ0v) is 7.99. The van der Waals surface area contributed by atoms with Crippen molar-refractivity contribution < 1.29 is 9.52 Å². The first-order valence-electron chi connectivity index (χ1n) is 4.58. The van der Waals surface area contributed by atoms with Crippen molar-refractivity contribution in [1.82, 2.24) is 0 Å². The molecular formula is C11H16O2. The van der Waals surface area contributed by atoms with Gasteiger partial charge in [0.2, 0.25) is 0 Å². The number of furan rings is 1. The molecule has 13 heavy (non-hydrogen) atoms. The lowest BCUT2D eigenvalue weighted by Crippen LogP contribution is -1.94. The smallest absolute Gasteiger partial charge is 0.101 e. The molecule has 0 bridgehead atoms. The SMILES string of the molecule is C=CCCCC(O)c1coc(C)c1. The number of hydrogen-bond donors (Lipinski definition) is 1. The number of unbranched alkanes of at least 4 members (excludes halogenated alkanes) is 1. The van der Waals surface area contributed by atoms with E-state index in [4.69, 9.17) is 4.42 Å². The quantitative estimate of drug-likeness (QED) is 0.558. The van der Waals surface area contributed by atoms with Crippen molar-refractivity contribution in [3.8, 4) is 0 Å². The number of allylic oxidation sites excluding steroid dienone is 1. The van der Waals surface area contributed by atoms with Gasteiger partial charge in [-0.05, 0) is 32.3 Å². The van der Waals surface area contributed by atoms with Crippen LogP contribution in [0.3, 0.4) is 0 Å². The van der Waals surface area contributed by atoms with Gasteiger partial charge in [-0.2, -0.15) is 0 Å². The van der Waals surface area contributed by atoms with Crippen LogP contribution in [0.25, 0.3) is 0 Å². The zero-order valence-electron chi connectivity index (χ0n) is 7.99. The number of aliphatic hydroxyl groups is 1. The number of rotatable bonds is 5. The lowest BCUT2D eigenvalue weighted by atomic mass is 10.1. The first-order chi connectivity index (χ1) is 6.24. The molecular weight excluding hydrogens is 164 g/mol. The van der Waals surface area contributed by atoms with Gasteiger partial charge in [0.25, 0.3) is 0 Å². The van der Waals surface area contributed by atoms with Gasteiger partial charge in [-0.3, -0.25) is 0 Å². The molecule has 0 aliphatic heterocycles. The highest BCUT2D eigenvalue weighted by molar-refractivity contribution is 5.14. The van der Waals surface area contributed by atoms with Crippen LogP contribution >= 0.6 is 0 Å². The maximum absolute atomic E-state index is 9.67. The summed E-state index contributed by atoms with van der Waals surface area (Å²) < 4.78 is 5.11. The lowest BCUT2D eigenvalue weighted by molar-refractivity contribution is 0.164. The number of aryl methyl sites for hydroxylation is 1. The molecule has 1 unspecified atom stereocenters. The van der Waals surface area contributed by atoms with E-state index in [1.807, 2.05) is 19.1 Å². The zero-order chi connectivity index (χ0) is 9.68. The summed E-state index contributed by atoms with van der Waals surface area (Å²) in [7, 11) is 0. The average molecular weight is 180 g/mol. The monoisotopic (exact) mass is 180 g/mol. The van der Waals surface area contributed by atoms with E-state index < -0.39 is 6.10 Å². The Hall–Kier alpha value is -1.02. The second kappa shape index (κ2) is 4.87. The first kappa shape index (κ1) is 10.1. The van der Waals surface area contributed by atoms with Gasteiger partial charge >= 0.3 is 0 Å². The third kappa shape index (κ3) is 3.07. The van der Waals surface area contributed by atoms with Crippen LogP contribution < -0.4 is 0 Å². The summed E-state index contributed by atoms with van der Waals surface area (Å²) in [6.45, 7) is 5.51. The molecule has 72 valence electrons. The van der Waals surface area contributed by atoms with Gasteiger partial charge in [-0.15, -0.1) is 6.58 Å². The van der Waals surface area contributed by atoms with Crippen LogP contribution in [-0.2, 0) is 0 Å². The summed E-state index contributed by atoms with van der Waals surface area (Å²) in [5.74, 6) is 0.845. The Kier molecular flexibility index (Phi) is 3.77. The number of aliphatic hydroxyl groups excluding tert-OH is 1. The maximum Gasteiger partial charge on any atom is 0.101 e. The van der Waals surface area contributed by atoms with E-state index in [9.17, 15) is 5.11 Å². The topological polar surface area (TPSA) is 33.4 Å². The minimum atomic E-state index is -0.391. The van der Waals surface area contributed by atoms with Crippen molar-refractivity contribution >= 4 is 0 Å². The maximum atomic E-state index is 9.67. The van der Waals surface area contributed by atoms with Gasteiger partial charge in [0, 0.05) is 5.56 Å². The Morgan fingerprint density at radius 1 is 1.69 bits per heavy atom. The molecule has 0 aliphatic rings. The average Bonchev–Trinajstić information content (AvgIpc) is 2.52. The highest BCUT2D eigenvalue weighted by atomic mass is 16.3. The van der Waals surface area contributed by atoms with Gasteiger partial charge in [0.05, 0.1) is 12.4 Å². The van der Waals surface area contributed by atoms with Crippen LogP contribution in [0.2, 0.25) is 0 Å². The molecule has 0 saturated heterocycles. The predicted molar refractivity (Wildman–Crippen MR) is 52.5 cm³/mol. The first-order valence-corrected chi connectivity index (χ1v) is 4.58. The molecule has 0 aromatic carbocycles. The highest BCUT2D eigenvalue weighted by Crippen LogP contribution is 2.21. The molecule has 0 amide bonds. The van der Waals surface area contributed by atoms with E-state index in [0.29, 0.717) is 0 Å². The fraction of sp³-hybridized carbons (Fsp3) is 0.455. The van der Waals surface area contributed by atoms with E-state index in [1.165, 1.54) is 0 Å². The van der Waals surface area contributed by atoms with Crippen molar-refractivity contribution in [2.45, 2.75) is 32.3 Å². The molecule has 2 nitrogen and oxygen atoms in total. The van der Waals surface area contributed by atoms with Crippen molar-refractivity contribution in [3.05, 3.63) is 36.3 Å². The molecule has 1 heterocycles.